The van der Waals surface area contributed by atoms with Crippen molar-refractivity contribution in [2.24, 2.45) is 0 Å². The van der Waals surface area contributed by atoms with Crippen molar-refractivity contribution in [3.8, 4) is 0 Å². The Morgan fingerprint density at radius 3 is 2.90 bits per heavy atom. The number of allylic oxidation sites excluding steroid dienone is 1. The number of nitrogen functional groups attached to an aromatic ring is 1. The lowest BCUT2D eigenvalue weighted by atomic mass is 10.2. The second-order valence-corrected chi connectivity index (χ2v) is 2.08. The van der Waals surface area contributed by atoms with Crippen LogP contribution in [0.25, 0.3) is 0 Å². The SMILES string of the molecule is C=CCc1ccc(N)nc1. The summed E-state index contributed by atoms with van der Waals surface area (Å²) in [4.78, 5) is 3.93. The molecule has 0 bridgehead atoms. The molecule has 1 aromatic rings. The van der Waals surface area contributed by atoms with Crippen LogP contribution in [0.4, 0.5) is 5.82 Å². The van der Waals surface area contributed by atoms with Crippen LogP contribution < -0.4 is 5.73 Å². The Morgan fingerprint density at radius 2 is 2.40 bits per heavy atom. The summed E-state index contributed by atoms with van der Waals surface area (Å²) < 4.78 is 0. The molecule has 0 saturated carbocycles. The molecule has 1 rings (SSSR count). The summed E-state index contributed by atoms with van der Waals surface area (Å²) >= 11 is 0. The maximum absolute atomic E-state index is 5.39. The van der Waals surface area contributed by atoms with Gasteiger partial charge in [-0.1, -0.05) is 12.1 Å². The van der Waals surface area contributed by atoms with E-state index in [2.05, 4.69) is 11.6 Å². The molecule has 1 aromatic heterocycles. The fourth-order valence-electron chi connectivity index (χ4n) is 0.723. The molecular weight excluding hydrogens is 124 g/mol. The molecule has 10 heavy (non-hydrogen) atoms. The molecule has 0 saturated heterocycles. The Balaban J connectivity index is 2.78. The number of nitrogens with zero attached hydrogens (tertiary/aromatic N) is 1. The normalized spacial score (nSPS) is 9.20. The van der Waals surface area contributed by atoms with E-state index in [0.29, 0.717) is 5.82 Å². The molecule has 0 radical (unpaired) electrons. The summed E-state index contributed by atoms with van der Waals surface area (Å²) in [7, 11) is 0. The first-order chi connectivity index (χ1) is 4.83. The van der Waals surface area contributed by atoms with Gasteiger partial charge in [-0.05, 0) is 18.1 Å². The average molecular weight is 134 g/mol. The first-order valence-electron chi connectivity index (χ1n) is 3.14. The number of rotatable bonds is 2. The molecular formula is C8H10N2. The average Bonchev–Trinajstić information content (AvgIpc) is 1.95. The smallest absolute Gasteiger partial charge is 0.123 e. The van der Waals surface area contributed by atoms with Gasteiger partial charge in [0.05, 0.1) is 0 Å². The fourth-order valence-corrected chi connectivity index (χ4v) is 0.723. The molecule has 2 N–H and O–H groups in total. The highest BCUT2D eigenvalue weighted by Crippen LogP contribution is 2.01. The predicted octanol–water partition coefficient (Wildman–Crippen LogP) is 1.39. The Morgan fingerprint density at radius 1 is 1.60 bits per heavy atom. The van der Waals surface area contributed by atoms with Gasteiger partial charge in [-0.2, -0.15) is 0 Å². The Kier molecular flexibility index (Phi) is 2.05. The minimum absolute atomic E-state index is 0.563. The number of hydrogen-bond donors (Lipinski definition) is 1. The highest BCUT2D eigenvalue weighted by atomic mass is 14.8. The molecule has 0 unspecified atom stereocenters. The second-order valence-electron chi connectivity index (χ2n) is 2.08. The zero-order valence-electron chi connectivity index (χ0n) is 5.75. The van der Waals surface area contributed by atoms with Gasteiger partial charge in [0.25, 0.3) is 0 Å². The van der Waals surface area contributed by atoms with Gasteiger partial charge in [-0.15, -0.1) is 6.58 Å². The van der Waals surface area contributed by atoms with Gasteiger partial charge in [-0.25, -0.2) is 4.98 Å². The highest BCUT2D eigenvalue weighted by Gasteiger charge is 1.87. The van der Waals surface area contributed by atoms with Crippen molar-refractivity contribution in [3.05, 3.63) is 36.5 Å². The van der Waals surface area contributed by atoms with Crippen molar-refractivity contribution < 1.29 is 0 Å². The van der Waals surface area contributed by atoms with Crippen LogP contribution in [0.15, 0.2) is 31.0 Å². The van der Waals surface area contributed by atoms with Crippen molar-refractivity contribution in [3.63, 3.8) is 0 Å². The quantitative estimate of drug-likeness (QED) is 0.621. The van der Waals surface area contributed by atoms with Gasteiger partial charge in [0.15, 0.2) is 0 Å². The topological polar surface area (TPSA) is 38.9 Å². The maximum atomic E-state index is 5.39. The van der Waals surface area contributed by atoms with Crippen LogP contribution in [0, 0.1) is 0 Å². The molecule has 0 aliphatic rings. The number of aromatic nitrogens is 1. The zero-order valence-corrected chi connectivity index (χ0v) is 5.75. The van der Waals surface area contributed by atoms with E-state index in [-0.39, 0.29) is 0 Å². The molecule has 1 heterocycles. The zero-order chi connectivity index (χ0) is 7.40. The lowest BCUT2D eigenvalue weighted by Gasteiger charge is -1.94. The van der Waals surface area contributed by atoms with Crippen LogP contribution in [-0.2, 0) is 6.42 Å². The van der Waals surface area contributed by atoms with Crippen molar-refractivity contribution in [2.75, 3.05) is 5.73 Å². The fraction of sp³-hybridized carbons (Fsp3) is 0.125. The van der Waals surface area contributed by atoms with Crippen molar-refractivity contribution in [1.82, 2.24) is 4.98 Å². The van der Waals surface area contributed by atoms with E-state index in [1.807, 2.05) is 12.1 Å². The summed E-state index contributed by atoms with van der Waals surface area (Å²) in [5, 5.41) is 0. The van der Waals surface area contributed by atoms with E-state index >= 15 is 0 Å². The van der Waals surface area contributed by atoms with E-state index in [1.165, 1.54) is 0 Å². The molecule has 52 valence electrons. The molecule has 0 amide bonds. The number of anilines is 1. The third-order valence-electron chi connectivity index (χ3n) is 1.23. The summed E-state index contributed by atoms with van der Waals surface area (Å²) in [6.07, 6.45) is 4.46. The van der Waals surface area contributed by atoms with Crippen molar-refractivity contribution >= 4 is 5.82 Å². The van der Waals surface area contributed by atoms with Crippen molar-refractivity contribution in [1.29, 1.82) is 0 Å². The molecule has 0 aliphatic heterocycles. The van der Waals surface area contributed by atoms with E-state index in [0.717, 1.165) is 12.0 Å². The lowest BCUT2D eigenvalue weighted by molar-refractivity contribution is 1.20. The highest BCUT2D eigenvalue weighted by molar-refractivity contribution is 5.29. The molecule has 2 heteroatoms. The second kappa shape index (κ2) is 3.01. The largest absolute Gasteiger partial charge is 0.384 e. The number of hydrogen-bond acceptors (Lipinski definition) is 2. The third kappa shape index (κ3) is 1.58. The van der Waals surface area contributed by atoms with Gasteiger partial charge in [0, 0.05) is 6.20 Å². The molecule has 0 fully saturated rings. The van der Waals surface area contributed by atoms with Gasteiger partial charge in [0.2, 0.25) is 0 Å². The third-order valence-corrected chi connectivity index (χ3v) is 1.23. The summed E-state index contributed by atoms with van der Waals surface area (Å²) in [5.74, 6) is 0.563. The van der Waals surface area contributed by atoms with Gasteiger partial charge in [-0.3, -0.25) is 0 Å². The van der Waals surface area contributed by atoms with E-state index in [9.17, 15) is 0 Å². The Bertz CT molecular complexity index is 213. The first-order valence-corrected chi connectivity index (χ1v) is 3.14. The van der Waals surface area contributed by atoms with Crippen LogP contribution in [0.5, 0.6) is 0 Å². The molecule has 0 aromatic carbocycles. The van der Waals surface area contributed by atoms with E-state index in [4.69, 9.17) is 5.73 Å². The summed E-state index contributed by atoms with van der Waals surface area (Å²) in [5.41, 5.74) is 6.53. The minimum Gasteiger partial charge on any atom is -0.384 e. The maximum Gasteiger partial charge on any atom is 0.123 e. The van der Waals surface area contributed by atoms with Crippen molar-refractivity contribution in [2.45, 2.75) is 6.42 Å². The van der Waals surface area contributed by atoms with Crippen LogP contribution in [-0.4, -0.2) is 4.98 Å². The predicted molar refractivity (Wildman–Crippen MR) is 42.6 cm³/mol. The summed E-state index contributed by atoms with van der Waals surface area (Å²) in [6, 6.07) is 3.74. The first kappa shape index (κ1) is 6.81. The lowest BCUT2D eigenvalue weighted by Crippen LogP contribution is -1.90. The number of pyridine rings is 1. The van der Waals surface area contributed by atoms with Crippen LogP contribution >= 0.6 is 0 Å². The standard InChI is InChI=1S/C8H10N2/c1-2-3-7-4-5-8(9)10-6-7/h2,4-6H,1,3H2,(H2,9,10). The van der Waals surface area contributed by atoms with E-state index in [1.54, 1.807) is 12.3 Å². The Hall–Kier alpha value is -1.31. The van der Waals surface area contributed by atoms with Crippen LogP contribution in [0.2, 0.25) is 0 Å². The molecule has 0 aliphatic carbocycles. The van der Waals surface area contributed by atoms with Crippen LogP contribution in [0.1, 0.15) is 5.56 Å². The monoisotopic (exact) mass is 134 g/mol. The Labute approximate surface area is 60.4 Å². The van der Waals surface area contributed by atoms with Gasteiger partial charge < -0.3 is 5.73 Å². The molecule has 0 atom stereocenters. The molecule has 0 spiro atoms. The van der Waals surface area contributed by atoms with E-state index < -0.39 is 0 Å². The minimum atomic E-state index is 0.563. The van der Waals surface area contributed by atoms with Crippen LogP contribution in [0.3, 0.4) is 0 Å². The van der Waals surface area contributed by atoms with Gasteiger partial charge >= 0.3 is 0 Å². The number of nitrogens with two attached hydrogens (primary N) is 1. The summed E-state index contributed by atoms with van der Waals surface area (Å²) in [6.45, 7) is 3.62. The molecule has 2 nitrogen and oxygen atoms in total. The van der Waals surface area contributed by atoms with Gasteiger partial charge in [0.1, 0.15) is 5.82 Å².